The first-order valence-corrected chi connectivity index (χ1v) is 4.08. The molecular weight excluding hydrogens is 150 g/mol. The average Bonchev–Trinajstić information content (AvgIpc) is 2.12. The molecule has 0 N–H and O–H groups in total. The summed E-state index contributed by atoms with van der Waals surface area (Å²) in [6, 6.07) is 0.229. The summed E-state index contributed by atoms with van der Waals surface area (Å²) in [5.41, 5.74) is 0. The van der Waals surface area contributed by atoms with Gasteiger partial charge in [-0.1, -0.05) is 24.3 Å². The maximum Gasteiger partial charge on any atom is 0.166 e. The number of hydrogen-bond donors (Lipinski definition) is 0. The first-order chi connectivity index (χ1) is 5.79. The minimum atomic E-state index is 0.0324. The second kappa shape index (κ2) is 2.63. The highest BCUT2D eigenvalue weighted by Crippen LogP contribution is 2.22. The van der Waals surface area contributed by atoms with Crippen LogP contribution in [0, 0.1) is 5.92 Å². The van der Waals surface area contributed by atoms with Gasteiger partial charge in [-0.15, -0.1) is 0 Å². The largest absolute Gasteiger partial charge is 0.373 e. The van der Waals surface area contributed by atoms with E-state index in [1.165, 1.54) is 0 Å². The minimum absolute atomic E-state index is 0.0324. The number of ketones is 1. The fourth-order valence-electron chi connectivity index (χ4n) is 1.65. The van der Waals surface area contributed by atoms with E-state index < -0.39 is 0 Å². The molecule has 2 nitrogen and oxygen atoms in total. The van der Waals surface area contributed by atoms with Gasteiger partial charge in [-0.3, -0.25) is 4.79 Å². The molecule has 62 valence electrons. The molecule has 0 spiro atoms. The first kappa shape index (κ1) is 7.35. The lowest BCUT2D eigenvalue weighted by Crippen LogP contribution is -2.40. The third kappa shape index (κ3) is 0.998. The summed E-state index contributed by atoms with van der Waals surface area (Å²) in [5.74, 6) is 0.240. The fourth-order valence-corrected chi connectivity index (χ4v) is 1.65. The maximum atomic E-state index is 11.4. The van der Waals surface area contributed by atoms with E-state index in [1.807, 2.05) is 31.5 Å². The van der Waals surface area contributed by atoms with Crippen molar-refractivity contribution < 1.29 is 4.79 Å². The van der Waals surface area contributed by atoms with E-state index in [4.69, 9.17) is 0 Å². The lowest BCUT2D eigenvalue weighted by Gasteiger charge is -2.33. The molecule has 0 aromatic carbocycles. The van der Waals surface area contributed by atoms with Crippen molar-refractivity contribution in [1.29, 1.82) is 0 Å². The number of nitrogens with zero attached hydrogens (tertiary/aromatic N) is 1. The van der Waals surface area contributed by atoms with Crippen molar-refractivity contribution >= 4 is 5.78 Å². The Morgan fingerprint density at radius 3 is 2.83 bits per heavy atom. The van der Waals surface area contributed by atoms with Crippen molar-refractivity contribution in [2.45, 2.75) is 6.04 Å². The number of hydrogen-bond acceptors (Lipinski definition) is 2. The maximum absolute atomic E-state index is 11.4. The van der Waals surface area contributed by atoms with Gasteiger partial charge in [0.15, 0.2) is 5.78 Å². The zero-order valence-electron chi connectivity index (χ0n) is 6.97. The van der Waals surface area contributed by atoms with E-state index in [9.17, 15) is 4.79 Å². The van der Waals surface area contributed by atoms with Crippen molar-refractivity contribution in [2.24, 2.45) is 5.92 Å². The summed E-state index contributed by atoms with van der Waals surface area (Å²) >= 11 is 0. The van der Waals surface area contributed by atoms with Crippen LogP contribution in [-0.2, 0) is 4.79 Å². The van der Waals surface area contributed by atoms with E-state index in [0.717, 1.165) is 0 Å². The van der Waals surface area contributed by atoms with Crippen LogP contribution in [0.25, 0.3) is 0 Å². The van der Waals surface area contributed by atoms with Crippen LogP contribution in [0.3, 0.4) is 0 Å². The first-order valence-electron chi connectivity index (χ1n) is 4.08. The van der Waals surface area contributed by atoms with Crippen LogP contribution in [0.2, 0.25) is 0 Å². The number of allylic oxidation sites excluding steroid dienone is 3. The Hall–Kier alpha value is -1.31. The average molecular weight is 161 g/mol. The number of likely N-dealkylation sites (N-methyl/N-ethyl adjacent to an activating group) is 1. The third-order valence-electron chi connectivity index (χ3n) is 2.38. The topological polar surface area (TPSA) is 20.3 Å². The lowest BCUT2D eigenvalue weighted by molar-refractivity contribution is -0.118. The highest BCUT2D eigenvalue weighted by Gasteiger charge is 2.28. The smallest absolute Gasteiger partial charge is 0.166 e. The summed E-state index contributed by atoms with van der Waals surface area (Å²) < 4.78 is 0. The van der Waals surface area contributed by atoms with Gasteiger partial charge in [0.1, 0.15) is 0 Å². The molecule has 2 atom stereocenters. The molecule has 0 aromatic heterocycles. The van der Waals surface area contributed by atoms with Crippen LogP contribution in [0.5, 0.6) is 0 Å². The SMILES string of the molecule is CN1C=CC(=O)C2C=CC=CC21. The monoisotopic (exact) mass is 161 g/mol. The van der Waals surface area contributed by atoms with Crippen molar-refractivity contribution in [3.05, 3.63) is 36.6 Å². The zero-order chi connectivity index (χ0) is 8.55. The molecular formula is C10H11NO. The van der Waals surface area contributed by atoms with Crippen molar-refractivity contribution in [3.63, 3.8) is 0 Å². The van der Waals surface area contributed by atoms with Gasteiger partial charge in [-0.25, -0.2) is 0 Å². The van der Waals surface area contributed by atoms with Crippen LogP contribution < -0.4 is 0 Å². The van der Waals surface area contributed by atoms with Crippen molar-refractivity contribution in [1.82, 2.24) is 4.90 Å². The summed E-state index contributed by atoms with van der Waals surface area (Å²) in [6.07, 6.45) is 11.4. The second-order valence-electron chi connectivity index (χ2n) is 3.17. The molecule has 2 aliphatic rings. The third-order valence-corrected chi connectivity index (χ3v) is 2.38. The number of carbonyl (C=O) groups is 1. The molecule has 0 aromatic rings. The molecule has 0 bridgehead atoms. The van der Waals surface area contributed by atoms with Gasteiger partial charge in [0.25, 0.3) is 0 Å². The molecule has 0 fully saturated rings. The quantitative estimate of drug-likeness (QED) is 0.530. The van der Waals surface area contributed by atoms with Crippen LogP contribution in [0.1, 0.15) is 0 Å². The van der Waals surface area contributed by atoms with Crippen molar-refractivity contribution in [2.75, 3.05) is 7.05 Å². The van der Waals surface area contributed by atoms with E-state index in [1.54, 1.807) is 6.08 Å². The zero-order valence-corrected chi connectivity index (χ0v) is 6.97. The Balaban J connectivity index is 2.35. The van der Waals surface area contributed by atoms with E-state index >= 15 is 0 Å². The van der Waals surface area contributed by atoms with Crippen molar-refractivity contribution in [3.8, 4) is 0 Å². The summed E-state index contributed by atoms with van der Waals surface area (Å²) in [4.78, 5) is 13.4. The molecule has 0 saturated carbocycles. The minimum Gasteiger partial charge on any atom is -0.373 e. The predicted octanol–water partition coefficient (Wildman–Crippen LogP) is 1.13. The second-order valence-corrected chi connectivity index (χ2v) is 3.17. The highest BCUT2D eigenvalue weighted by atomic mass is 16.1. The standard InChI is InChI=1S/C10H11NO/c1-11-7-6-10(12)8-4-2-3-5-9(8)11/h2-9H,1H3. The fraction of sp³-hybridized carbons (Fsp3) is 0.300. The van der Waals surface area contributed by atoms with E-state index in [2.05, 4.69) is 11.0 Å². The van der Waals surface area contributed by atoms with Crippen LogP contribution in [0.15, 0.2) is 36.6 Å². The van der Waals surface area contributed by atoms with Gasteiger partial charge in [-0.05, 0) is 6.08 Å². The summed E-state index contributed by atoms with van der Waals surface area (Å²) in [6.45, 7) is 0. The molecule has 2 unspecified atom stereocenters. The van der Waals surface area contributed by atoms with Crippen LogP contribution in [0.4, 0.5) is 0 Å². The molecule has 0 radical (unpaired) electrons. The Bertz CT molecular complexity index is 288. The van der Waals surface area contributed by atoms with Gasteiger partial charge in [-0.2, -0.15) is 0 Å². The predicted molar refractivity (Wildman–Crippen MR) is 47.5 cm³/mol. The van der Waals surface area contributed by atoms with Gasteiger partial charge >= 0.3 is 0 Å². The Kier molecular flexibility index (Phi) is 1.61. The molecule has 2 heteroatoms. The highest BCUT2D eigenvalue weighted by molar-refractivity contribution is 5.94. The van der Waals surface area contributed by atoms with Gasteiger partial charge < -0.3 is 4.90 Å². The van der Waals surface area contributed by atoms with E-state index in [-0.39, 0.29) is 17.7 Å². The molecule has 12 heavy (non-hydrogen) atoms. The Morgan fingerprint density at radius 2 is 2.08 bits per heavy atom. The molecule has 0 saturated heterocycles. The molecule has 1 aliphatic carbocycles. The van der Waals surface area contributed by atoms with Gasteiger partial charge in [0.2, 0.25) is 0 Å². The lowest BCUT2D eigenvalue weighted by atomic mass is 9.88. The number of rotatable bonds is 0. The van der Waals surface area contributed by atoms with Crippen LogP contribution in [-0.4, -0.2) is 23.8 Å². The van der Waals surface area contributed by atoms with Gasteiger partial charge in [0, 0.05) is 13.2 Å². The molecule has 0 amide bonds. The van der Waals surface area contributed by atoms with Gasteiger partial charge in [0.05, 0.1) is 12.0 Å². The summed E-state index contributed by atoms with van der Waals surface area (Å²) in [7, 11) is 1.99. The Labute approximate surface area is 71.9 Å². The Morgan fingerprint density at radius 1 is 1.33 bits per heavy atom. The molecule has 2 rings (SSSR count). The van der Waals surface area contributed by atoms with Crippen LogP contribution >= 0.6 is 0 Å². The van der Waals surface area contributed by atoms with E-state index in [0.29, 0.717) is 0 Å². The molecule has 1 aliphatic heterocycles. The molecule has 1 heterocycles. The number of carbonyl (C=O) groups excluding carboxylic acids is 1. The summed E-state index contributed by atoms with van der Waals surface area (Å²) in [5, 5.41) is 0. The number of fused-ring (bicyclic) bond motifs is 1. The normalized spacial score (nSPS) is 32.4.